The topological polar surface area (TPSA) is 29.3 Å². The van der Waals surface area contributed by atoms with Crippen LogP contribution in [0, 0.1) is 17.3 Å². The van der Waals surface area contributed by atoms with Crippen molar-refractivity contribution in [3.8, 4) is 0 Å². The summed E-state index contributed by atoms with van der Waals surface area (Å²) in [5.41, 5.74) is 6.85. The van der Waals surface area contributed by atoms with E-state index in [0.717, 1.165) is 18.4 Å². The van der Waals surface area contributed by atoms with Gasteiger partial charge in [0.05, 0.1) is 0 Å². The Kier molecular flexibility index (Phi) is 4.35. The molecule has 0 amide bonds. The lowest BCUT2D eigenvalue weighted by Crippen LogP contribution is -2.68. The maximum atomic E-state index is 6.28. The third-order valence-corrected chi connectivity index (χ3v) is 6.46. The van der Waals surface area contributed by atoms with Crippen molar-refractivity contribution in [3.05, 3.63) is 0 Å². The summed E-state index contributed by atoms with van der Waals surface area (Å²) in [4.78, 5) is 2.75. The van der Waals surface area contributed by atoms with Gasteiger partial charge >= 0.3 is 0 Å². The Labute approximate surface area is 117 Å². The summed E-state index contributed by atoms with van der Waals surface area (Å²) in [6.45, 7) is 13.0. The molecule has 0 saturated carbocycles. The molecule has 2 nitrogen and oxygen atoms in total. The molecule has 2 aliphatic heterocycles. The molecule has 0 radical (unpaired) electrons. The summed E-state index contributed by atoms with van der Waals surface area (Å²) in [6, 6.07) is 0. The van der Waals surface area contributed by atoms with Gasteiger partial charge in [-0.3, -0.25) is 4.90 Å². The van der Waals surface area contributed by atoms with Crippen LogP contribution in [0.25, 0.3) is 0 Å². The molecule has 0 spiro atoms. The van der Waals surface area contributed by atoms with E-state index in [-0.39, 0.29) is 5.54 Å². The highest BCUT2D eigenvalue weighted by molar-refractivity contribution is 7.99. The third-order valence-electron chi connectivity index (χ3n) is 5.28. The zero-order chi connectivity index (χ0) is 13.4. The predicted octanol–water partition coefficient (Wildman–Crippen LogP) is 2.82. The van der Waals surface area contributed by atoms with E-state index < -0.39 is 0 Å². The van der Waals surface area contributed by atoms with Crippen LogP contribution in [0.2, 0.25) is 0 Å². The van der Waals surface area contributed by atoms with Crippen molar-refractivity contribution in [3.63, 3.8) is 0 Å². The molecular formula is C15H30N2S. The number of nitrogens with two attached hydrogens (primary N) is 1. The zero-order valence-electron chi connectivity index (χ0n) is 12.5. The van der Waals surface area contributed by atoms with Gasteiger partial charge in [0.25, 0.3) is 0 Å². The normalized spacial score (nSPS) is 41.8. The Morgan fingerprint density at radius 3 is 2.33 bits per heavy atom. The monoisotopic (exact) mass is 270 g/mol. The lowest BCUT2D eigenvalue weighted by Gasteiger charge is -2.58. The van der Waals surface area contributed by atoms with Crippen LogP contribution in [0.5, 0.6) is 0 Å². The molecule has 0 aliphatic carbocycles. The standard InChI is InChI=1S/C15H30N2S/c1-12-7-13(2)9-17(8-12)15(10-16)11-18-6-5-14(15,3)4/h12-13H,5-11,16H2,1-4H3. The summed E-state index contributed by atoms with van der Waals surface area (Å²) in [5.74, 6) is 4.16. The van der Waals surface area contributed by atoms with E-state index in [1.807, 2.05) is 0 Å². The molecule has 18 heavy (non-hydrogen) atoms. The molecule has 0 aromatic carbocycles. The van der Waals surface area contributed by atoms with Crippen molar-refractivity contribution in [1.82, 2.24) is 4.90 Å². The van der Waals surface area contributed by atoms with Gasteiger partial charge in [0, 0.05) is 30.9 Å². The fourth-order valence-electron chi connectivity index (χ4n) is 3.99. The fourth-order valence-corrected chi connectivity index (χ4v) is 5.82. The number of likely N-dealkylation sites (tertiary alicyclic amines) is 1. The smallest absolute Gasteiger partial charge is 0.0473 e. The van der Waals surface area contributed by atoms with Gasteiger partial charge < -0.3 is 5.73 Å². The number of hydrogen-bond acceptors (Lipinski definition) is 3. The van der Waals surface area contributed by atoms with E-state index >= 15 is 0 Å². The van der Waals surface area contributed by atoms with Crippen molar-refractivity contribution in [2.45, 2.75) is 46.1 Å². The molecule has 0 bridgehead atoms. The lowest BCUT2D eigenvalue weighted by molar-refractivity contribution is -0.0355. The minimum atomic E-state index is 0.221. The Bertz CT molecular complexity index is 282. The molecule has 0 aromatic heterocycles. The van der Waals surface area contributed by atoms with Crippen LogP contribution < -0.4 is 5.73 Å². The van der Waals surface area contributed by atoms with E-state index in [1.165, 1.54) is 37.4 Å². The average Bonchev–Trinajstić information content (AvgIpc) is 2.27. The van der Waals surface area contributed by atoms with Gasteiger partial charge in [0.15, 0.2) is 0 Å². The zero-order valence-corrected chi connectivity index (χ0v) is 13.4. The van der Waals surface area contributed by atoms with E-state index in [9.17, 15) is 0 Å². The van der Waals surface area contributed by atoms with E-state index in [0.29, 0.717) is 5.41 Å². The quantitative estimate of drug-likeness (QED) is 0.836. The van der Waals surface area contributed by atoms with Crippen LogP contribution in [0.1, 0.15) is 40.5 Å². The van der Waals surface area contributed by atoms with Gasteiger partial charge in [0.2, 0.25) is 0 Å². The first-order valence-corrected chi connectivity index (χ1v) is 8.59. The van der Waals surface area contributed by atoms with Crippen LogP contribution in [-0.4, -0.2) is 41.6 Å². The van der Waals surface area contributed by atoms with Crippen molar-refractivity contribution in [2.24, 2.45) is 23.0 Å². The number of piperidine rings is 1. The van der Waals surface area contributed by atoms with Crippen LogP contribution in [0.4, 0.5) is 0 Å². The minimum absolute atomic E-state index is 0.221. The first-order chi connectivity index (χ1) is 8.41. The fraction of sp³-hybridized carbons (Fsp3) is 1.00. The van der Waals surface area contributed by atoms with Crippen LogP contribution in [-0.2, 0) is 0 Å². The minimum Gasteiger partial charge on any atom is -0.329 e. The summed E-state index contributed by atoms with van der Waals surface area (Å²) in [5, 5.41) is 0. The Balaban J connectivity index is 2.25. The van der Waals surface area contributed by atoms with Gasteiger partial charge in [-0.25, -0.2) is 0 Å². The summed E-state index contributed by atoms with van der Waals surface area (Å²) >= 11 is 2.10. The summed E-state index contributed by atoms with van der Waals surface area (Å²) in [6.07, 6.45) is 2.68. The van der Waals surface area contributed by atoms with Crippen molar-refractivity contribution in [1.29, 1.82) is 0 Å². The third kappa shape index (κ3) is 2.46. The largest absolute Gasteiger partial charge is 0.329 e. The molecule has 2 N–H and O–H groups in total. The SMILES string of the molecule is CC1CC(C)CN(C2(CN)CSCCC2(C)C)C1. The van der Waals surface area contributed by atoms with Crippen LogP contribution in [0.3, 0.4) is 0 Å². The number of nitrogens with zero attached hydrogens (tertiary/aromatic N) is 1. The molecule has 2 fully saturated rings. The second-order valence-electron chi connectivity index (χ2n) is 7.27. The van der Waals surface area contributed by atoms with Gasteiger partial charge in [-0.15, -0.1) is 0 Å². The molecule has 3 unspecified atom stereocenters. The molecule has 3 heteroatoms. The molecule has 106 valence electrons. The highest BCUT2D eigenvalue weighted by Crippen LogP contribution is 2.47. The summed E-state index contributed by atoms with van der Waals surface area (Å²) < 4.78 is 0. The van der Waals surface area contributed by atoms with Gasteiger partial charge in [-0.05, 0) is 35.8 Å². The average molecular weight is 270 g/mol. The molecule has 3 atom stereocenters. The first kappa shape index (κ1) is 14.7. The second kappa shape index (κ2) is 5.34. The van der Waals surface area contributed by atoms with Gasteiger partial charge in [-0.2, -0.15) is 11.8 Å². The Morgan fingerprint density at radius 2 is 1.83 bits per heavy atom. The molecule has 2 heterocycles. The molecule has 2 saturated heterocycles. The predicted molar refractivity (Wildman–Crippen MR) is 82.0 cm³/mol. The number of thioether (sulfide) groups is 1. The highest BCUT2D eigenvalue weighted by atomic mass is 32.2. The second-order valence-corrected chi connectivity index (χ2v) is 8.38. The van der Waals surface area contributed by atoms with Crippen molar-refractivity contribution >= 4 is 11.8 Å². The maximum absolute atomic E-state index is 6.28. The Hall–Kier alpha value is 0.270. The first-order valence-electron chi connectivity index (χ1n) is 7.44. The number of rotatable bonds is 2. The van der Waals surface area contributed by atoms with Gasteiger partial charge in [-0.1, -0.05) is 27.7 Å². The maximum Gasteiger partial charge on any atom is 0.0473 e. The highest BCUT2D eigenvalue weighted by Gasteiger charge is 2.51. The summed E-state index contributed by atoms with van der Waals surface area (Å²) in [7, 11) is 0. The molecule has 2 aliphatic rings. The molecule has 2 rings (SSSR count). The van der Waals surface area contributed by atoms with Crippen LogP contribution >= 0.6 is 11.8 Å². The molecule has 0 aromatic rings. The van der Waals surface area contributed by atoms with E-state index in [2.05, 4.69) is 44.4 Å². The number of hydrogen-bond donors (Lipinski definition) is 1. The molecular weight excluding hydrogens is 240 g/mol. The Morgan fingerprint density at radius 1 is 1.22 bits per heavy atom. The van der Waals surface area contributed by atoms with Gasteiger partial charge in [0.1, 0.15) is 0 Å². The lowest BCUT2D eigenvalue weighted by atomic mass is 9.68. The van der Waals surface area contributed by atoms with Crippen molar-refractivity contribution in [2.75, 3.05) is 31.1 Å². The van der Waals surface area contributed by atoms with E-state index in [4.69, 9.17) is 5.73 Å². The van der Waals surface area contributed by atoms with Crippen molar-refractivity contribution < 1.29 is 0 Å². The van der Waals surface area contributed by atoms with E-state index in [1.54, 1.807) is 0 Å². The van der Waals surface area contributed by atoms with Crippen LogP contribution in [0.15, 0.2) is 0 Å².